The highest BCUT2D eigenvalue weighted by Gasteiger charge is 2.39. The van der Waals surface area contributed by atoms with Gasteiger partial charge in [0, 0.05) is 59.8 Å². The van der Waals surface area contributed by atoms with Crippen LogP contribution in [-0.4, -0.2) is 59.1 Å². The Labute approximate surface area is 210 Å². The second kappa shape index (κ2) is 8.79. The second-order valence-electron chi connectivity index (χ2n) is 10.9. The zero-order valence-corrected chi connectivity index (χ0v) is 21.4. The number of aromatic nitrogens is 6. The highest BCUT2D eigenvalue weighted by atomic mass is 16.3. The normalized spacial score (nSPS) is 17.4. The predicted octanol–water partition coefficient (Wildman–Crippen LogP) is 3.16. The van der Waals surface area contributed by atoms with Gasteiger partial charge in [-0.15, -0.1) is 10.2 Å². The topological polar surface area (TPSA) is 130 Å². The van der Waals surface area contributed by atoms with Crippen molar-refractivity contribution in [2.24, 2.45) is 5.73 Å². The molecule has 3 aromatic heterocycles. The van der Waals surface area contributed by atoms with Crippen molar-refractivity contribution < 1.29 is 5.11 Å². The van der Waals surface area contributed by atoms with Crippen LogP contribution >= 0.6 is 0 Å². The molecule has 0 radical (unpaired) electrons. The lowest BCUT2D eigenvalue weighted by Crippen LogP contribution is -2.62. The molecule has 0 aliphatic carbocycles. The van der Waals surface area contributed by atoms with E-state index in [1.165, 1.54) is 0 Å². The smallest absolute Gasteiger partial charge is 0.245 e. The van der Waals surface area contributed by atoms with Crippen molar-refractivity contribution in [1.82, 2.24) is 35.1 Å². The molecule has 0 spiro atoms. The van der Waals surface area contributed by atoms with Gasteiger partial charge in [-0.1, -0.05) is 6.07 Å². The first kappa shape index (κ1) is 24.1. The number of hydrogen-bond donors (Lipinski definition) is 3. The maximum absolute atomic E-state index is 10.8. The lowest BCUT2D eigenvalue weighted by molar-refractivity contribution is 0.160. The van der Waals surface area contributed by atoms with Crippen LogP contribution in [0, 0.1) is 0 Å². The molecule has 1 aliphatic heterocycles. The summed E-state index contributed by atoms with van der Waals surface area (Å²) in [6.07, 6.45) is 7.08. The Hall–Kier alpha value is -3.63. The fourth-order valence-corrected chi connectivity index (χ4v) is 5.44. The summed E-state index contributed by atoms with van der Waals surface area (Å²) in [6.45, 7) is 9.24. The molecule has 10 heteroatoms. The maximum Gasteiger partial charge on any atom is 0.245 e. The molecule has 188 valence electrons. The summed E-state index contributed by atoms with van der Waals surface area (Å²) in [5, 5.41) is 27.9. The lowest BCUT2D eigenvalue weighted by atomic mass is 9.79. The van der Waals surface area contributed by atoms with Gasteiger partial charge < -0.3 is 21.1 Å². The van der Waals surface area contributed by atoms with E-state index in [1.807, 2.05) is 19.2 Å². The number of imidazole rings is 1. The van der Waals surface area contributed by atoms with E-state index in [2.05, 4.69) is 63.2 Å². The SMILES string of the molecule is CN(c1ncc(-c2ccc(-c3cc(CN)c4nccn4n3)cc2O)nn1)C1CC(C)(C)NC(C)(C)C1. The van der Waals surface area contributed by atoms with Crippen molar-refractivity contribution in [2.75, 3.05) is 11.9 Å². The summed E-state index contributed by atoms with van der Waals surface area (Å²) in [6, 6.07) is 7.55. The number of phenolic OH excluding ortho intramolecular Hbond substituents is 1. The average Bonchev–Trinajstić information content (AvgIpc) is 3.30. The fraction of sp³-hybridized carbons (Fsp3) is 0.423. The zero-order chi connectivity index (χ0) is 25.7. The Balaban J connectivity index is 1.39. The Morgan fingerprint density at radius 2 is 1.83 bits per heavy atom. The zero-order valence-electron chi connectivity index (χ0n) is 21.4. The lowest BCUT2D eigenvalue weighted by Gasteiger charge is -2.48. The Morgan fingerprint density at radius 3 is 2.47 bits per heavy atom. The molecule has 1 aromatic carbocycles. The Kier molecular flexibility index (Phi) is 5.88. The largest absolute Gasteiger partial charge is 0.507 e. The third-order valence-electron chi connectivity index (χ3n) is 6.81. The van der Waals surface area contributed by atoms with Crippen molar-refractivity contribution in [2.45, 2.75) is 64.2 Å². The van der Waals surface area contributed by atoms with Gasteiger partial charge in [0.1, 0.15) is 11.4 Å². The first-order valence-electron chi connectivity index (χ1n) is 12.1. The number of rotatable bonds is 5. The van der Waals surface area contributed by atoms with Crippen LogP contribution in [0.2, 0.25) is 0 Å². The van der Waals surface area contributed by atoms with E-state index in [9.17, 15) is 5.11 Å². The molecular weight excluding hydrogens is 454 g/mol. The number of piperidine rings is 1. The molecule has 36 heavy (non-hydrogen) atoms. The van der Waals surface area contributed by atoms with Crippen LogP contribution < -0.4 is 16.0 Å². The third kappa shape index (κ3) is 4.61. The number of anilines is 1. The van der Waals surface area contributed by atoms with Crippen LogP contribution in [0.15, 0.2) is 42.9 Å². The summed E-state index contributed by atoms with van der Waals surface area (Å²) in [5.74, 6) is 0.647. The minimum absolute atomic E-state index is 0.0176. The minimum Gasteiger partial charge on any atom is -0.507 e. The number of hydrogen-bond acceptors (Lipinski definition) is 9. The van der Waals surface area contributed by atoms with E-state index in [0.717, 1.165) is 29.6 Å². The first-order chi connectivity index (χ1) is 17.0. The van der Waals surface area contributed by atoms with Gasteiger partial charge >= 0.3 is 0 Å². The van der Waals surface area contributed by atoms with E-state index < -0.39 is 0 Å². The van der Waals surface area contributed by atoms with E-state index in [1.54, 1.807) is 35.2 Å². The minimum atomic E-state index is 0.0176. The molecule has 4 aromatic rings. The molecule has 10 nitrogen and oxygen atoms in total. The molecule has 4 N–H and O–H groups in total. The molecular formula is C26H33N9O. The summed E-state index contributed by atoms with van der Waals surface area (Å²) >= 11 is 0. The van der Waals surface area contributed by atoms with Gasteiger partial charge in [0.25, 0.3) is 0 Å². The maximum atomic E-state index is 10.8. The molecule has 0 unspecified atom stereocenters. The predicted molar refractivity (Wildman–Crippen MR) is 140 cm³/mol. The van der Waals surface area contributed by atoms with Gasteiger partial charge in [0.05, 0.1) is 11.9 Å². The molecule has 1 fully saturated rings. The quantitative estimate of drug-likeness (QED) is 0.388. The van der Waals surface area contributed by atoms with Crippen LogP contribution in [0.5, 0.6) is 5.75 Å². The van der Waals surface area contributed by atoms with Gasteiger partial charge in [0.15, 0.2) is 5.65 Å². The van der Waals surface area contributed by atoms with E-state index >= 15 is 0 Å². The number of nitrogens with two attached hydrogens (primary N) is 1. The number of fused-ring (bicyclic) bond motifs is 1. The van der Waals surface area contributed by atoms with Gasteiger partial charge in [-0.3, -0.25) is 0 Å². The van der Waals surface area contributed by atoms with Crippen molar-refractivity contribution in [1.29, 1.82) is 0 Å². The van der Waals surface area contributed by atoms with Gasteiger partial charge in [-0.05, 0) is 58.7 Å². The third-order valence-corrected chi connectivity index (χ3v) is 6.81. The van der Waals surface area contributed by atoms with E-state index in [4.69, 9.17) is 5.73 Å². The molecule has 0 bridgehead atoms. The number of nitrogens with one attached hydrogen (secondary N) is 1. The fourth-order valence-electron chi connectivity index (χ4n) is 5.44. The van der Waals surface area contributed by atoms with E-state index in [-0.39, 0.29) is 22.9 Å². The second-order valence-corrected chi connectivity index (χ2v) is 10.9. The van der Waals surface area contributed by atoms with Crippen LogP contribution in [0.1, 0.15) is 46.1 Å². The number of nitrogens with zero attached hydrogens (tertiary/aromatic N) is 7. The van der Waals surface area contributed by atoms with Crippen molar-refractivity contribution >= 4 is 11.6 Å². The molecule has 0 atom stereocenters. The monoisotopic (exact) mass is 487 g/mol. The van der Waals surface area contributed by atoms with Crippen molar-refractivity contribution in [3.8, 4) is 28.3 Å². The van der Waals surface area contributed by atoms with Crippen LogP contribution in [0.4, 0.5) is 5.95 Å². The Bertz CT molecular complexity index is 1380. The van der Waals surface area contributed by atoms with Crippen LogP contribution in [0.25, 0.3) is 28.2 Å². The average molecular weight is 488 g/mol. The highest BCUT2D eigenvalue weighted by molar-refractivity contribution is 5.73. The van der Waals surface area contributed by atoms with Gasteiger partial charge in [-0.25, -0.2) is 14.5 Å². The molecule has 1 saturated heterocycles. The van der Waals surface area contributed by atoms with Crippen molar-refractivity contribution in [3.05, 3.63) is 48.4 Å². The molecule has 4 heterocycles. The molecule has 0 amide bonds. The van der Waals surface area contributed by atoms with Gasteiger partial charge in [-0.2, -0.15) is 5.10 Å². The van der Waals surface area contributed by atoms with Gasteiger partial charge in [0.2, 0.25) is 5.95 Å². The molecule has 5 rings (SSSR count). The molecule has 1 aliphatic rings. The molecule has 0 saturated carbocycles. The van der Waals surface area contributed by atoms with Crippen LogP contribution in [-0.2, 0) is 6.54 Å². The summed E-state index contributed by atoms with van der Waals surface area (Å²) < 4.78 is 1.69. The first-order valence-corrected chi connectivity index (χ1v) is 12.1. The standard InChI is InChI=1S/C26H33N9O/c1-25(2)12-18(13-26(3,4)33-25)34(5)24-29-15-21(30-31-24)19-7-6-16(11-22(19)36)20-10-17(14-27)23-28-8-9-35(23)32-20/h6-11,15,18,33,36H,12-14,27H2,1-5H3. The number of phenols is 1. The van der Waals surface area contributed by atoms with Crippen LogP contribution in [0.3, 0.4) is 0 Å². The number of aromatic hydroxyl groups is 1. The number of benzene rings is 1. The summed E-state index contributed by atoms with van der Waals surface area (Å²) in [7, 11) is 2.02. The van der Waals surface area contributed by atoms with Crippen molar-refractivity contribution in [3.63, 3.8) is 0 Å². The Morgan fingerprint density at radius 1 is 1.08 bits per heavy atom. The highest BCUT2D eigenvalue weighted by Crippen LogP contribution is 2.34. The summed E-state index contributed by atoms with van der Waals surface area (Å²) in [5.41, 5.74) is 10.0. The summed E-state index contributed by atoms with van der Waals surface area (Å²) in [4.78, 5) is 11.0. The van der Waals surface area contributed by atoms with E-state index in [0.29, 0.717) is 29.4 Å².